The van der Waals surface area contributed by atoms with Gasteiger partial charge in [-0.2, -0.15) is 0 Å². The molecule has 1 unspecified atom stereocenters. The molecule has 28 heavy (non-hydrogen) atoms. The molecule has 1 aliphatic heterocycles. The summed E-state index contributed by atoms with van der Waals surface area (Å²) in [5, 5.41) is 3.65. The molecule has 2 heterocycles. The standard InChI is InChI=1S/C22H20ClN3O2/c1-28-18-10-6-5-9-16(18)21-25-17-11-13-24-20(23)19(17)22(27)26(21)14-12-15-7-3-2-4-8-15/h2-11,13,21,25H,12,14H2,1H3. The predicted octanol–water partition coefficient (Wildman–Crippen LogP) is 4.55. The summed E-state index contributed by atoms with van der Waals surface area (Å²) < 4.78 is 5.54. The molecule has 0 bridgehead atoms. The highest BCUT2D eigenvalue weighted by Gasteiger charge is 2.35. The van der Waals surface area contributed by atoms with Gasteiger partial charge >= 0.3 is 0 Å². The number of hydrogen-bond donors (Lipinski definition) is 1. The minimum absolute atomic E-state index is 0.140. The second kappa shape index (κ2) is 7.90. The summed E-state index contributed by atoms with van der Waals surface area (Å²) in [6, 6.07) is 19.6. The number of nitrogens with one attached hydrogen (secondary N) is 1. The van der Waals surface area contributed by atoms with Crippen LogP contribution in [0, 0.1) is 0 Å². The number of hydrogen-bond acceptors (Lipinski definition) is 4. The predicted molar refractivity (Wildman–Crippen MR) is 110 cm³/mol. The number of anilines is 1. The number of ether oxygens (including phenoxy) is 1. The maximum Gasteiger partial charge on any atom is 0.261 e. The first kappa shape index (κ1) is 18.3. The molecule has 1 aromatic heterocycles. The highest BCUT2D eigenvalue weighted by Crippen LogP contribution is 2.38. The molecule has 0 spiro atoms. The van der Waals surface area contributed by atoms with Crippen LogP contribution in [0.2, 0.25) is 5.15 Å². The molecule has 6 heteroatoms. The van der Waals surface area contributed by atoms with Gasteiger partial charge in [0.1, 0.15) is 22.6 Å². The van der Waals surface area contributed by atoms with Crippen molar-refractivity contribution < 1.29 is 9.53 Å². The van der Waals surface area contributed by atoms with Crippen LogP contribution in [-0.4, -0.2) is 29.4 Å². The Labute approximate surface area is 168 Å². The van der Waals surface area contributed by atoms with Crippen LogP contribution < -0.4 is 10.1 Å². The third-order valence-electron chi connectivity index (χ3n) is 4.90. The number of carbonyl (C=O) groups is 1. The van der Waals surface area contributed by atoms with Crippen LogP contribution in [0.3, 0.4) is 0 Å². The number of halogens is 1. The third kappa shape index (κ3) is 3.41. The van der Waals surface area contributed by atoms with Gasteiger partial charge in [0.15, 0.2) is 0 Å². The van der Waals surface area contributed by atoms with Crippen LogP contribution in [-0.2, 0) is 6.42 Å². The zero-order valence-corrected chi connectivity index (χ0v) is 16.2. The van der Waals surface area contributed by atoms with Crippen molar-refractivity contribution in [1.29, 1.82) is 0 Å². The SMILES string of the molecule is COc1ccccc1C1Nc2ccnc(Cl)c2C(=O)N1CCc1ccccc1. The average Bonchev–Trinajstić information content (AvgIpc) is 2.73. The average molecular weight is 394 g/mol. The van der Waals surface area contributed by atoms with Crippen LogP contribution >= 0.6 is 11.6 Å². The van der Waals surface area contributed by atoms with Crippen molar-refractivity contribution in [3.63, 3.8) is 0 Å². The molecule has 1 atom stereocenters. The van der Waals surface area contributed by atoms with E-state index in [1.807, 2.05) is 42.5 Å². The zero-order chi connectivity index (χ0) is 19.5. The fourth-order valence-electron chi connectivity index (χ4n) is 3.51. The first-order chi connectivity index (χ1) is 13.7. The summed E-state index contributed by atoms with van der Waals surface area (Å²) in [6.07, 6.45) is 1.96. The maximum absolute atomic E-state index is 13.4. The van der Waals surface area contributed by atoms with Crippen LogP contribution in [0.1, 0.15) is 27.7 Å². The van der Waals surface area contributed by atoms with Crippen molar-refractivity contribution in [2.45, 2.75) is 12.6 Å². The van der Waals surface area contributed by atoms with Gasteiger partial charge in [0.05, 0.1) is 12.8 Å². The number of benzene rings is 2. The molecule has 0 aliphatic carbocycles. The number of carbonyl (C=O) groups excluding carboxylic acids is 1. The number of pyridine rings is 1. The van der Waals surface area contributed by atoms with Crippen molar-refractivity contribution in [3.05, 3.63) is 88.7 Å². The van der Waals surface area contributed by atoms with Crippen LogP contribution in [0.25, 0.3) is 0 Å². The number of rotatable bonds is 5. The molecule has 4 rings (SSSR count). The van der Waals surface area contributed by atoms with Gasteiger partial charge in [0.2, 0.25) is 0 Å². The fraction of sp³-hybridized carbons (Fsp3) is 0.182. The lowest BCUT2D eigenvalue weighted by Gasteiger charge is -2.38. The monoisotopic (exact) mass is 393 g/mol. The normalized spacial score (nSPS) is 15.7. The van der Waals surface area contributed by atoms with E-state index in [-0.39, 0.29) is 17.2 Å². The minimum Gasteiger partial charge on any atom is -0.496 e. The molecular formula is C22H20ClN3O2. The molecule has 142 valence electrons. The maximum atomic E-state index is 13.4. The van der Waals surface area contributed by atoms with Gasteiger partial charge in [-0.25, -0.2) is 4.98 Å². The van der Waals surface area contributed by atoms with Gasteiger partial charge in [-0.15, -0.1) is 0 Å². The van der Waals surface area contributed by atoms with E-state index in [1.54, 1.807) is 24.3 Å². The number of para-hydroxylation sites is 1. The lowest BCUT2D eigenvalue weighted by Crippen LogP contribution is -2.44. The first-order valence-corrected chi connectivity index (χ1v) is 9.45. The molecule has 0 saturated heterocycles. The lowest BCUT2D eigenvalue weighted by molar-refractivity contribution is 0.0683. The van der Waals surface area contributed by atoms with Gasteiger partial charge < -0.3 is 15.0 Å². The quantitative estimate of drug-likeness (QED) is 0.646. The van der Waals surface area contributed by atoms with Crippen molar-refractivity contribution in [2.75, 3.05) is 19.0 Å². The minimum atomic E-state index is -0.363. The molecule has 3 aromatic rings. The topological polar surface area (TPSA) is 54.5 Å². The summed E-state index contributed by atoms with van der Waals surface area (Å²) in [4.78, 5) is 19.2. The number of aromatic nitrogens is 1. The molecule has 1 aliphatic rings. The Morgan fingerprint density at radius 1 is 1.11 bits per heavy atom. The highest BCUT2D eigenvalue weighted by atomic mass is 35.5. The Balaban J connectivity index is 1.74. The second-order valence-electron chi connectivity index (χ2n) is 6.55. The number of nitrogens with zero attached hydrogens (tertiary/aromatic N) is 2. The Bertz CT molecular complexity index is 994. The summed E-state index contributed by atoms with van der Waals surface area (Å²) in [5.41, 5.74) is 3.14. The summed E-state index contributed by atoms with van der Waals surface area (Å²) in [5.74, 6) is 0.583. The van der Waals surface area contributed by atoms with E-state index < -0.39 is 0 Å². The van der Waals surface area contributed by atoms with Gasteiger partial charge in [0.25, 0.3) is 5.91 Å². The Hall–Kier alpha value is -3.05. The van der Waals surface area contributed by atoms with E-state index in [9.17, 15) is 4.79 Å². The van der Waals surface area contributed by atoms with Crippen molar-refractivity contribution >= 4 is 23.2 Å². The van der Waals surface area contributed by atoms with E-state index in [0.29, 0.717) is 17.8 Å². The van der Waals surface area contributed by atoms with E-state index in [2.05, 4.69) is 22.4 Å². The largest absolute Gasteiger partial charge is 0.496 e. The Morgan fingerprint density at radius 3 is 2.64 bits per heavy atom. The van der Waals surface area contributed by atoms with Gasteiger partial charge in [-0.3, -0.25) is 4.79 Å². The van der Waals surface area contributed by atoms with Crippen LogP contribution in [0.5, 0.6) is 5.75 Å². The lowest BCUT2D eigenvalue weighted by atomic mass is 10.0. The van der Waals surface area contributed by atoms with Crippen molar-refractivity contribution in [3.8, 4) is 5.75 Å². The summed E-state index contributed by atoms with van der Waals surface area (Å²) >= 11 is 6.25. The molecule has 5 nitrogen and oxygen atoms in total. The van der Waals surface area contributed by atoms with Gasteiger partial charge in [-0.1, -0.05) is 60.1 Å². The summed E-state index contributed by atoms with van der Waals surface area (Å²) in [6.45, 7) is 0.531. The number of amides is 1. The molecule has 1 N–H and O–H groups in total. The number of methoxy groups -OCH3 is 1. The molecule has 1 amide bonds. The molecule has 0 saturated carbocycles. The smallest absolute Gasteiger partial charge is 0.261 e. The molecule has 2 aromatic carbocycles. The highest BCUT2D eigenvalue weighted by molar-refractivity contribution is 6.33. The van der Waals surface area contributed by atoms with Gasteiger partial charge in [0, 0.05) is 18.3 Å². The zero-order valence-electron chi connectivity index (χ0n) is 15.4. The second-order valence-corrected chi connectivity index (χ2v) is 6.91. The summed E-state index contributed by atoms with van der Waals surface area (Å²) in [7, 11) is 1.63. The first-order valence-electron chi connectivity index (χ1n) is 9.08. The molecule has 0 radical (unpaired) electrons. The van der Waals surface area contributed by atoms with E-state index in [1.165, 1.54) is 0 Å². The Kier molecular flexibility index (Phi) is 5.17. The van der Waals surface area contributed by atoms with E-state index in [0.717, 1.165) is 23.3 Å². The fourth-order valence-corrected chi connectivity index (χ4v) is 3.75. The van der Waals surface area contributed by atoms with Gasteiger partial charge in [-0.05, 0) is 24.1 Å². The van der Waals surface area contributed by atoms with Crippen molar-refractivity contribution in [2.24, 2.45) is 0 Å². The van der Waals surface area contributed by atoms with E-state index >= 15 is 0 Å². The van der Waals surface area contributed by atoms with Crippen LogP contribution in [0.15, 0.2) is 66.9 Å². The number of fused-ring (bicyclic) bond motifs is 1. The van der Waals surface area contributed by atoms with Crippen LogP contribution in [0.4, 0.5) is 5.69 Å². The molecular weight excluding hydrogens is 374 g/mol. The third-order valence-corrected chi connectivity index (χ3v) is 5.19. The Morgan fingerprint density at radius 2 is 1.86 bits per heavy atom. The van der Waals surface area contributed by atoms with Crippen molar-refractivity contribution in [1.82, 2.24) is 9.88 Å². The molecule has 0 fully saturated rings. The van der Waals surface area contributed by atoms with E-state index in [4.69, 9.17) is 16.3 Å².